The van der Waals surface area contributed by atoms with E-state index in [9.17, 15) is 0 Å². The van der Waals surface area contributed by atoms with E-state index in [4.69, 9.17) is 14.2 Å². The minimum Gasteiger partial charge on any atom is -0.328 e. The predicted octanol–water partition coefficient (Wildman–Crippen LogP) is 7.28. The highest BCUT2D eigenvalue weighted by Gasteiger charge is 2.26. The Morgan fingerprint density at radius 3 is 1.48 bits per heavy atom. The quantitative estimate of drug-likeness (QED) is 0.207. The van der Waals surface area contributed by atoms with E-state index in [1.165, 1.54) is 24.0 Å². The van der Waals surface area contributed by atoms with Crippen LogP contribution < -0.4 is 0 Å². The smallest absolute Gasteiger partial charge is 0.279 e. The van der Waals surface area contributed by atoms with Crippen LogP contribution in [0.2, 0.25) is 0 Å². The van der Waals surface area contributed by atoms with Crippen molar-refractivity contribution in [3.8, 4) is 0 Å². The van der Waals surface area contributed by atoms with Gasteiger partial charge in [0, 0.05) is 13.5 Å². The van der Waals surface area contributed by atoms with E-state index in [-0.39, 0.29) is 0 Å². The fourth-order valence-corrected chi connectivity index (χ4v) is 2.88. The lowest BCUT2D eigenvalue weighted by atomic mass is 10.0. The van der Waals surface area contributed by atoms with Crippen molar-refractivity contribution >= 4 is 0 Å². The van der Waals surface area contributed by atoms with E-state index < -0.39 is 5.97 Å². The highest BCUT2D eigenvalue weighted by molar-refractivity contribution is 4.93. The van der Waals surface area contributed by atoms with Gasteiger partial charge in [-0.3, -0.25) is 0 Å². The van der Waals surface area contributed by atoms with Crippen molar-refractivity contribution in [2.24, 2.45) is 11.8 Å². The highest BCUT2D eigenvalue weighted by Crippen LogP contribution is 2.20. The molecule has 0 saturated heterocycles. The summed E-state index contributed by atoms with van der Waals surface area (Å²) in [7, 11) is 0. The molecule has 0 amide bonds. The maximum absolute atomic E-state index is 5.99. The first-order chi connectivity index (χ1) is 12.7. The van der Waals surface area contributed by atoms with Gasteiger partial charge in [0.15, 0.2) is 0 Å². The molecule has 0 fully saturated rings. The number of ether oxygens (including phenoxy) is 3. The molecule has 0 heterocycles. The van der Waals surface area contributed by atoms with Crippen LogP contribution in [0.25, 0.3) is 0 Å². The second-order valence-corrected chi connectivity index (χ2v) is 8.50. The first-order valence-corrected chi connectivity index (χ1v) is 10.9. The van der Waals surface area contributed by atoms with E-state index in [2.05, 4.69) is 53.7 Å². The highest BCUT2D eigenvalue weighted by atomic mass is 16.9. The third-order valence-electron chi connectivity index (χ3n) is 4.78. The summed E-state index contributed by atoms with van der Waals surface area (Å²) >= 11 is 0. The number of allylic oxidation sites excluding steroid dienone is 4. The molecule has 2 atom stereocenters. The van der Waals surface area contributed by atoms with Crippen LogP contribution in [0, 0.1) is 11.8 Å². The maximum Gasteiger partial charge on any atom is 0.279 e. The standard InChI is InChI=1S/C24H46O3/c1-9-25-24(8,26-18-16-22(6)14-10-12-20(2)3)27-19-17-23(7)15-11-13-21(4)5/h12-13,22-23H,9-11,14-19H2,1-8H3. The second kappa shape index (κ2) is 15.3. The van der Waals surface area contributed by atoms with Gasteiger partial charge in [-0.1, -0.05) is 37.1 Å². The van der Waals surface area contributed by atoms with Crippen molar-refractivity contribution in [2.75, 3.05) is 19.8 Å². The zero-order chi connectivity index (χ0) is 20.7. The van der Waals surface area contributed by atoms with Gasteiger partial charge < -0.3 is 14.2 Å². The zero-order valence-corrected chi connectivity index (χ0v) is 19.4. The van der Waals surface area contributed by atoms with Crippen LogP contribution in [0.5, 0.6) is 0 Å². The van der Waals surface area contributed by atoms with Crippen LogP contribution >= 0.6 is 0 Å². The van der Waals surface area contributed by atoms with E-state index in [0.29, 0.717) is 31.7 Å². The Kier molecular flexibility index (Phi) is 14.9. The van der Waals surface area contributed by atoms with Crippen molar-refractivity contribution in [3.05, 3.63) is 23.3 Å². The summed E-state index contributed by atoms with van der Waals surface area (Å²) < 4.78 is 17.7. The molecule has 0 aromatic rings. The molecule has 3 heteroatoms. The SMILES string of the molecule is CCOC(C)(OCCC(C)CCC=C(C)C)OCCC(C)CCC=C(C)C. The van der Waals surface area contributed by atoms with E-state index in [0.717, 1.165) is 25.7 Å². The molecule has 27 heavy (non-hydrogen) atoms. The Morgan fingerprint density at radius 2 is 1.15 bits per heavy atom. The summed E-state index contributed by atoms with van der Waals surface area (Å²) in [6, 6.07) is 0. The Balaban J connectivity index is 4.15. The normalized spacial score (nSPS) is 15.7. The van der Waals surface area contributed by atoms with Crippen LogP contribution in [-0.4, -0.2) is 25.8 Å². The van der Waals surface area contributed by atoms with Gasteiger partial charge in [0.2, 0.25) is 0 Å². The molecule has 0 saturated carbocycles. The zero-order valence-electron chi connectivity index (χ0n) is 19.4. The van der Waals surface area contributed by atoms with Gasteiger partial charge in [0.1, 0.15) is 0 Å². The topological polar surface area (TPSA) is 27.7 Å². The van der Waals surface area contributed by atoms with Gasteiger partial charge in [-0.25, -0.2) is 0 Å². The first-order valence-electron chi connectivity index (χ1n) is 10.9. The number of rotatable bonds is 16. The van der Waals surface area contributed by atoms with Crippen LogP contribution in [-0.2, 0) is 14.2 Å². The van der Waals surface area contributed by atoms with Crippen molar-refractivity contribution in [1.82, 2.24) is 0 Å². The summed E-state index contributed by atoms with van der Waals surface area (Å²) in [5.41, 5.74) is 2.79. The van der Waals surface area contributed by atoms with Gasteiger partial charge in [0.25, 0.3) is 5.97 Å². The van der Waals surface area contributed by atoms with Gasteiger partial charge in [-0.05, 0) is 85.0 Å². The third kappa shape index (κ3) is 16.1. The largest absolute Gasteiger partial charge is 0.328 e. The average molecular weight is 383 g/mol. The van der Waals surface area contributed by atoms with Gasteiger partial charge in [0.05, 0.1) is 13.2 Å². The molecule has 2 unspecified atom stereocenters. The van der Waals surface area contributed by atoms with Crippen molar-refractivity contribution < 1.29 is 14.2 Å². The summed E-state index contributed by atoms with van der Waals surface area (Å²) in [6.07, 6.45) is 11.4. The summed E-state index contributed by atoms with van der Waals surface area (Å²) in [5.74, 6) is 0.358. The van der Waals surface area contributed by atoms with Gasteiger partial charge in [-0.2, -0.15) is 0 Å². The molecule has 0 N–H and O–H groups in total. The molecular formula is C24H46O3. The predicted molar refractivity (Wildman–Crippen MR) is 117 cm³/mol. The number of hydrogen-bond donors (Lipinski definition) is 0. The van der Waals surface area contributed by atoms with Crippen LogP contribution in [0.4, 0.5) is 0 Å². The fraction of sp³-hybridized carbons (Fsp3) is 0.833. The fourth-order valence-electron chi connectivity index (χ4n) is 2.88. The average Bonchev–Trinajstić information content (AvgIpc) is 2.54. The maximum atomic E-state index is 5.99. The lowest BCUT2D eigenvalue weighted by Crippen LogP contribution is -2.37. The van der Waals surface area contributed by atoms with Gasteiger partial charge in [-0.15, -0.1) is 0 Å². The first kappa shape index (κ1) is 26.4. The lowest BCUT2D eigenvalue weighted by Gasteiger charge is -2.30. The molecule has 0 radical (unpaired) electrons. The van der Waals surface area contributed by atoms with Crippen LogP contribution in [0.15, 0.2) is 23.3 Å². The van der Waals surface area contributed by atoms with E-state index in [1.54, 1.807) is 0 Å². The van der Waals surface area contributed by atoms with Crippen molar-refractivity contribution in [3.63, 3.8) is 0 Å². The van der Waals surface area contributed by atoms with E-state index >= 15 is 0 Å². The van der Waals surface area contributed by atoms with Crippen LogP contribution in [0.3, 0.4) is 0 Å². The van der Waals surface area contributed by atoms with Crippen molar-refractivity contribution in [2.45, 2.75) is 99.9 Å². The molecule has 3 nitrogen and oxygen atoms in total. The summed E-state index contributed by atoms with van der Waals surface area (Å²) in [4.78, 5) is 0. The van der Waals surface area contributed by atoms with E-state index in [1.807, 2.05) is 13.8 Å². The molecule has 0 bridgehead atoms. The van der Waals surface area contributed by atoms with Gasteiger partial charge >= 0.3 is 0 Å². The summed E-state index contributed by atoms with van der Waals surface area (Å²) in [5, 5.41) is 0. The number of hydrogen-bond acceptors (Lipinski definition) is 3. The second-order valence-electron chi connectivity index (χ2n) is 8.50. The Labute approximate surface area is 169 Å². The minimum atomic E-state index is -0.923. The van der Waals surface area contributed by atoms with Crippen molar-refractivity contribution in [1.29, 1.82) is 0 Å². The molecule has 0 aliphatic rings. The molecule has 0 aromatic carbocycles. The van der Waals surface area contributed by atoms with Crippen LogP contribution in [0.1, 0.15) is 93.9 Å². The molecule has 0 aromatic heterocycles. The third-order valence-corrected chi connectivity index (χ3v) is 4.78. The Hall–Kier alpha value is -0.640. The molecule has 0 spiro atoms. The molecular weight excluding hydrogens is 336 g/mol. The molecule has 0 aliphatic heterocycles. The Morgan fingerprint density at radius 1 is 0.741 bits per heavy atom. The summed E-state index contributed by atoms with van der Waals surface area (Å²) in [6.45, 7) is 19.0. The monoisotopic (exact) mass is 382 g/mol. The minimum absolute atomic E-state index is 0.586. The lowest BCUT2D eigenvalue weighted by molar-refractivity contribution is -0.369. The molecule has 0 rings (SSSR count). The molecule has 0 aliphatic carbocycles. The molecule has 160 valence electrons. The Bertz CT molecular complexity index is 383.